The van der Waals surface area contributed by atoms with Crippen LogP contribution in [0, 0.1) is 0 Å². The third kappa shape index (κ3) is 11.0. The zero-order chi connectivity index (χ0) is 27.5. The molecule has 0 bridgehead atoms. The van der Waals surface area contributed by atoms with Gasteiger partial charge in [0.05, 0.1) is 21.2 Å². The Kier molecular flexibility index (Phi) is 13.0. The van der Waals surface area contributed by atoms with Crippen molar-refractivity contribution in [1.29, 1.82) is 0 Å². The van der Waals surface area contributed by atoms with Gasteiger partial charge in [-0.3, -0.25) is 9.11 Å². The standard InChI is InChI=1S/C27H46N2O6S2/c1-4-5-6-7-8-9-10-11-12-13-14-15-16-21(2)24-19-23(37(33,34)35)20-25-27(24)29-26(28-25)18-17-22(3)36(30,31)32/h19-22H,4-18H2,1-3H3,(H,28,29)(H,30,31,32)(H,33,34,35). The number of aromatic amines is 1. The van der Waals surface area contributed by atoms with E-state index >= 15 is 0 Å². The summed E-state index contributed by atoms with van der Waals surface area (Å²) in [5.74, 6) is 0.553. The van der Waals surface area contributed by atoms with Gasteiger partial charge in [-0.15, -0.1) is 0 Å². The fourth-order valence-corrected chi connectivity index (χ4v) is 5.71. The van der Waals surface area contributed by atoms with Crippen LogP contribution in [0.5, 0.6) is 0 Å². The van der Waals surface area contributed by atoms with Gasteiger partial charge in [0.25, 0.3) is 20.2 Å². The number of aryl methyl sites for hydroxylation is 1. The van der Waals surface area contributed by atoms with E-state index in [1.165, 1.54) is 83.3 Å². The van der Waals surface area contributed by atoms with Gasteiger partial charge in [-0.2, -0.15) is 16.8 Å². The predicted molar refractivity (Wildman–Crippen MR) is 149 cm³/mol. The molecule has 0 radical (unpaired) electrons. The number of H-pyrrole nitrogens is 1. The number of imidazole rings is 1. The Hall–Kier alpha value is -1.49. The molecule has 0 saturated heterocycles. The van der Waals surface area contributed by atoms with E-state index in [9.17, 15) is 25.9 Å². The summed E-state index contributed by atoms with van der Waals surface area (Å²) in [7, 11) is -8.52. The quantitative estimate of drug-likeness (QED) is 0.122. The van der Waals surface area contributed by atoms with Crippen LogP contribution in [-0.2, 0) is 26.7 Å². The molecule has 2 atom stereocenters. The van der Waals surface area contributed by atoms with Crippen LogP contribution in [0.15, 0.2) is 17.0 Å². The van der Waals surface area contributed by atoms with E-state index in [2.05, 4.69) is 16.9 Å². The van der Waals surface area contributed by atoms with Crippen molar-refractivity contribution >= 4 is 31.3 Å². The summed E-state index contributed by atoms with van der Waals surface area (Å²) in [6, 6.07) is 2.85. The molecule has 0 spiro atoms. The monoisotopic (exact) mass is 558 g/mol. The van der Waals surface area contributed by atoms with Crippen LogP contribution < -0.4 is 0 Å². The number of nitrogens with zero attached hydrogens (tertiary/aromatic N) is 1. The van der Waals surface area contributed by atoms with Gasteiger partial charge in [-0.05, 0) is 43.4 Å². The molecule has 2 aromatic rings. The van der Waals surface area contributed by atoms with Crippen LogP contribution in [0.3, 0.4) is 0 Å². The predicted octanol–water partition coefficient (Wildman–Crippen LogP) is 7.21. The fraction of sp³-hybridized carbons (Fsp3) is 0.741. The summed E-state index contributed by atoms with van der Waals surface area (Å²) in [6.07, 6.45) is 16.6. The van der Waals surface area contributed by atoms with E-state index in [1.807, 2.05) is 6.92 Å². The lowest BCUT2D eigenvalue weighted by Gasteiger charge is -2.14. The number of hydrogen-bond acceptors (Lipinski definition) is 5. The van der Waals surface area contributed by atoms with Crippen molar-refractivity contribution in [3.63, 3.8) is 0 Å². The smallest absolute Gasteiger partial charge is 0.294 e. The Bertz CT molecular complexity index is 1170. The minimum atomic E-state index is -4.39. The molecule has 0 aliphatic heterocycles. The lowest BCUT2D eigenvalue weighted by molar-refractivity contribution is 0.465. The maximum Gasteiger partial charge on any atom is 0.294 e. The third-order valence-corrected chi connectivity index (χ3v) is 9.34. The summed E-state index contributed by atoms with van der Waals surface area (Å²) >= 11 is 0. The van der Waals surface area contributed by atoms with Crippen LogP contribution in [0.1, 0.15) is 128 Å². The zero-order valence-corrected chi connectivity index (χ0v) is 24.3. The van der Waals surface area contributed by atoms with E-state index in [4.69, 9.17) is 0 Å². The molecule has 0 fully saturated rings. The highest BCUT2D eigenvalue weighted by Crippen LogP contribution is 2.31. The molecular formula is C27H46N2O6S2. The average Bonchev–Trinajstić information content (AvgIpc) is 3.24. The lowest BCUT2D eigenvalue weighted by atomic mass is 9.93. The Balaban J connectivity index is 1.92. The maximum atomic E-state index is 11.9. The molecule has 2 rings (SSSR count). The summed E-state index contributed by atoms with van der Waals surface area (Å²) in [4.78, 5) is 7.49. The molecule has 10 heteroatoms. The Morgan fingerprint density at radius 1 is 0.811 bits per heavy atom. The van der Waals surface area contributed by atoms with E-state index in [-0.39, 0.29) is 23.7 Å². The Labute approximate surface area is 223 Å². The molecule has 2 unspecified atom stereocenters. The molecule has 1 heterocycles. The van der Waals surface area contributed by atoms with Gasteiger partial charge in [0, 0.05) is 6.42 Å². The molecule has 8 nitrogen and oxygen atoms in total. The first kappa shape index (κ1) is 31.7. The van der Waals surface area contributed by atoms with E-state index in [0.717, 1.165) is 24.8 Å². The summed E-state index contributed by atoms with van der Waals surface area (Å²) in [5.41, 5.74) is 1.87. The van der Waals surface area contributed by atoms with Crippen molar-refractivity contribution in [2.45, 2.75) is 133 Å². The second-order valence-electron chi connectivity index (χ2n) is 10.5. The Morgan fingerprint density at radius 3 is 1.86 bits per heavy atom. The van der Waals surface area contributed by atoms with Crippen LogP contribution in [0.4, 0.5) is 0 Å². The van der Waals surface area contributed by atoms with E-state index in [1.54, 1.807) is 0 Å². The van der Waals surface area contributed by atoms with Gasteiger partial charge < -0.3 is 4.98 Å². The van der Waals surface area contributed by atoms with E-state index in [0.29, 0.717) is 16.9 Å². The summed E-state index contributed by atoms with van der Waals surface area (Å²) in [5, 5.41) is -0.932. The molecule has 0 amide bonds. The van der Waals surface area contributed by atoms with Crippen molar-refractivity contribution in [1.82, 2.24) is 9.97 Å². The molecule has 1 aromatic heterocycles. The fourth-order valence-electron chi connectivity index (χ4n) is 4.75. The highest BCUT2D eigenvalue weighted by molar-refractivity contribution is 7.86. The number of aromatic nitrogens is 2. The molecular weight excluding hydrogens is 512 g/mol. The van der Waals surface area contributed by atoms with Crippen LogP contribution in [0.25, 0.3) is 11.0 Å². The minimum absolute atomic E-state index is 0.0419. The summed E-state index contributed by atoms with van der Waals surface area (Å²) < 4.78 is 65.3. The lowest BCUT2D eigenvalue weighted by Crippen LogP contribution is -2.17. The van der Waals surface area contributed by atoms with Gasteiger partial charge in [-0.1, -0.05) is 90.9 Å². The molecule has 1 aromatic carbocycles. The molecule has 0 aliphatic carbocycles. The average molecular weight is 559 g/mol. The van der Waals surface area contributed by atoms with Crippen molar-refractivity contribution in [2.75, 3.05) is 0 Å². The number of fused-ring (bicyclic) bond motifs is 1. The SMILES string of the molecule is CCCCCCCCCCCCCCC(C)c1cc(S(=O)(=O)O)cc2[nH]c(CCC(C)S(=O)(=O)O)nc12. The first-order valence-electron chi connectivity index (χ1n) is 13.9. The normalized spacial score (nSPS) is 14.3. The second kappa shape index (κ2) is 15.2. The molecule has 37 heavy (non-hydrogen) atoms. The number of nitrogens with one attached hydrogen (secondary N) is 1. The molecule has 3 N–H and O–H groups in total. The van der Waals surface area contributed by atoms with E-state index < -0.39 is 25.5 Å². The number of unbranched alkanes of at least 4 members (excludes halogenated alkanes) is 11. The van der Waals surface area contributed by atoms with Gasteiger partial charge in [0.15, 0.2) is 0 Å². The van der Waals surface area contributed by atoms with Gasteiger partial charge in [-0.25, -0.2) is 4.98 Å². The highest BCUT2D eigenvalue weighted by Gasteiger charge is 2.21. The topological polar surface area (TPSA) is 137 Å². The van der Waals surface area contributed by atoms with Crippen molar-refractivity contribution in [3.05, 3.63) is 23.5 Å². The van der Waals surface area contributed by atoms with Gasteiger partial charge in [0.1, 0.15) is 5.82 Å². The second-order valence-corrected chi connectivity index (χ2v) is 13.8. The van der Waals surface area contributed by atoms with Gasteiger partial charge in [0.2, 0.25) is 0 Å². The number of rotatable bonds is 19. The first-order chi connectivity index (χ1) is 17.4. The molecule has 0 aliphatic rings. The number of benzene rings is 1. The van der Waals surface area contributed by atoms with Crippen molar-refractivity contribution in [3.8, 4) is 0 Å². The minimum Gasteiger partial charge on any atom is -0.342 e. The maximum absolute atomic E-state index is 11.9. The van der Waals surface area contributed by atoms with Crippen molar-refractivity contribution in [2.24, 2.45) is 0 Å². The van der Waals surface area contributed by atoms with Crippen LogP contribution >= 0.6 is 0 Å². The van der Waals surface area contributed by atoms with Crippen molar-refractivity contribution < 1.29 is 25.9 Å². The van der Waals surface area contributed by atoms with Crippen LogP contribution in [-0.4, -0.2) is 41.2 Å². The van der Waals surface area contributed by atoms with Gasteiger partial charge >= 0.3 is 0 Å². The highest BCUT2D eigenvalue weighted by atomic mass is 32.2. The zero-order valence-electron chi connectivity index (χ0n) is 22.7. The molecule has 212 valence electrons. The summed E-state index contributed by atoms with van der Waals surface area (Å²) in [6.45, 7) is 5.71. The number of hydrogen-bond donors (Lipinski definition) is 3. The Morgan fingerprint density at radius 2 is 1.35 bits per heavy atom. The molecule has 0 saturated carbocycles. The first-order valence-corrected chi connectivity index (χ1v) is 16.8. The van der Waals surface area contributed by atoms with Crippen LogP contribution in [0.2, 0.25) is 0 Å². The largest absolute Gasteiger partial charge is 0.342 e. The third-order valence-electron chi connectivity index (χ3n) is 7.25.